The molecule has 0 aromatic carbocycles. The van der Waals surface area contributed by atoms with Crippen LogP contribution in [0.5, 0.6) is 0 Å². The maximum atomic E-state index is 12.9. The van der Waals surface area contributed by atoms with E-state index in [2.05, 4.69) is 203 Å². The van der Waals surface area contributed by atoms with E-state index >= 15 is 0 Å². The van der Waals surface area contributed by atoms with Crippen molar-refractivity contribution in [3.05, 3.63) is 182 Å². The molecule has 0 aromatic heterocycles. The van der Waals surface area contributed by atoms with Crippen LogP contribution in [0.4, 0.5) is 0 Å². The van der Waals surface area contributed by atoms with Crippen LogP contribution in [0.15, 0.2) is 182 Å². The number of carbonyl (C=O) groups is 3. The molecule has 0 bridgehead atoms. The molecule has 0 fully saturated rings. The van der Waals surface area contributed by atoms with Gasteiger partial charge in [0.15, 0.2) is 6.10 Å². The zero-order valence-corrected chi connectivity index (χ0v) is 51.7. The molecule has 81 heavy (non-hydrogen) atoms. The van der Waals surface area contributed by atoms with Crippen LogP contribution in [0, 0.1) is 0 Å². The summed E-state index contributed by atoms with van der Waals surface area (Å²) < 4.78 is 16.9. The van der Waals surface area contributed by atoms with Gasteiger partial charge in [-0.3, -0.25) is 14.4 Å². The first-order chi connectivity index (χ1) is 40.0. The van der Waals surface area contributed by atoms with Gasteiger partial charge in [0.05, 0.1) is 0 Å². The van der Waals surface area contributed by atoms with Crippen LogP contribution in [0.25, 0.3) is 0 Å². The highest BCUT2D eigenvalue weighted by molar-refractivity contribution is 5.71. The van der Waals surface area contributed by atoms with Crippen molar-refractivity contribution >= 4 is 17.9 Å². The lowest BCUT2D eigenvalue weighted by molar-refractivity contribution is -0.167. The summed E-state index contributed by atoms with van der Waals surface area (Å²) >= 11 is 0. The third-order valence-corrected chi connectivity index (χ3v) is 12.9. The van der Waals surface area contributed by atoms with E-state index in [9.17, 15) is 14.4 Å². The van der Waals surface area contributed by atoms with Gasteiger partial charge < -0.3 is 14.2 Å². The van der Waals surface area contributed by atoms with E-state index < -0.39 is 6.10 Å². The molecule has 452 valence electrons. The van der Waals surface area contributed by atoms with E-state index in [4.69, 9.17) is 14.2 Å². The molecule has 0 aliphatic rings. The largest absolute Gasteiger partial charge is 0.462 e. The van der Waals surface area contributed by atoms with Crippen molar-refractivity contribution in [2.45, 2.75) is 258 Å². The average Bonchev–Trinajstić information content (AvgIpc) is 3.47. The van der Waals surface area contributed by atoms with Crippen molar-refractivity contribution in [2.75, 3.05) is 13.2 Å². The summed E-state index contributed by atoms with van der Waals surface area (Å²) in [7, 11) is 0. The van der Waals surface area contributed by atoms with E-state index in [0.29, 0.717) is 19.3 Å². The van der Waals surface area contributed by atoms with Crippen LogP contribution >= 0.6 is 0 Å². The molecule has 0 amide bonds. The van der Waals surface area contributed by atoms with Gasteiger partial charge in [0.2, 0.25) is 0 Å². The lowest BCUT2D eigenvalue weighted by atomic mass is 10.1. The zero-order valence-electron chi connectivity index (χ0n) is 51.7. The maximum absolute atomic E-state index is 12.9. The van der Waals surface area contributed by atoms with E-state index in [1.165, 1.54) is 38.5 Å². The first-order valence-corrected chi connectivity index (χ1v) is 32.3. The monoisotopic (exact) mass is 1110 g/mol. The minimum atomic E-state index is -0.825. The Hall–Kier alpha value is -5.49. The number of ether oxygens (including phenoxy) is 3. The molecule has 0 saturated carbocycles. The third kappa shape index (κ3) is 65.2. The van der Waals surface area contributed by atoms with Gasteiger partial charge in [-0.1, -0.05) is 261 Å². The second-order valence-electron chi connectivity index (χ2n) is 20.5. The minimum absolute atomic E-state index is 0.116. The van der Waals surface area contributed by atoms with Crippen LogP contribution in [0.1, 0.15) is 252 Å². The molecule has 0 radical (unpaired) electrons. The minimum Gasteiger partial charge on any atom is -0.462 e. The molecular weight excluding hydrogens is 997 g/mol. The van der Waals surface area contributed by atoms with E-state index in [0.717, 1.165) is 167 Å². The molecule has 0 heterocycles. The maximum Gasteiger partial charge on any atom is 0.306 e. The molecule has 0 saturated heterocycles. The Labute approximate surface area is 497 Å². The number of esters is 3. The normalized spacial score (nSPS) is 13.4. The second-order valence-corrected chi connectivity index (χ2v) is 20.5. The van der Waals surface area contributed by atoms with Crippen LogP contribution in [0.3, 0.4) is 0 Å². The fourth-order valence-corrected chi connectivity index (χ4v) is 8.17. The SMILES string of the molecule is CC/C=C\C/C=C\C/C=C\C/C=C\C/C=C\C/C=C\CCCCC(=O)OC(COC(=O)CCCCCCCC/C=C\C/C=C\C/C=C\C/C=C\CC)COC(=O)CCCCCCCCC/C=C\C/C=C\C/C=C\C/C=C\C/C=C\CC. The lowest BCUT2D eigenvalue weighted by Crippen LogP contribution is -2.30. The number of hydrogen-bond donors (Lipinski definition) is 0. The molecule has 0 N–H and O–H groups in total. The smallest absolute Gasteiger partial charge is 0.306 e. The van der Waals surface area contributed by atoms with Crippen molar-refractivity contribution in [1.29, 1.82) is 0 Å². The summed E-state index contributed by atoms with van der Waals surface area (Å²) in [5.74, 6) is -0.990. The molecule has 1 unspecified atom stereocenters. The van der Waals surface area contributed by atoms with Gasteiger partial charge in [0.1, 0.15) is 13.2 Å². The van der Waals surface area contributed by atoms with Crippen molar-refractivity contribution in [3.8, 4) is 0 Å². The highest BCUT2D eigenvalue weighted by atomic mass is 16.6. The van der Waals surface area contributed by atoms with E-state index in [1.807, 2.05) is 0 Å². The van der Waals surface area contributed by atoms with Gasteiger partial charge in [-0.15, -0.1) is 0 Å². The molecule has 6 heteroatoms. The zero-order chi connectivity index (χ0) is 58.5. The third-order valence-electron chi connectivity index (χ3n) is 12.9. The fourth-order valence-electron chi connectivity index (χ4n) is 8.17. The molecule has 0 spiro atoms. The summed E-state index contributed by atoms with van der Waals surface area (Å²) in [5, 5.41) is 0. The van der Waals surface area contributed by atoms with Crippen molar-refractivity contribution < 1.29 is 28.6 Å². The van der Waals surface area contributed by atoms with Crippen LogP contribution in [-0.4, -0.2) is 37.2 Å². The number of unbranched alkanes of at least 4 members (excludes halogenated alkanes) is 15. The van der Waals surface area contributed by atoms with E-state index in [1.54, 1.807) is 0 Å². The predicted molar refractivity (Wildman–Crippen MR) is 352 cm³/mol. The molecule has 0 aliphatic carbocycles. The molecular formula is C75H116O6. The number of rotatable bonds is 56. The predicted octanol–water partition coefficient (Wildman–Crippen LogP) is 22.4. The lowest BCUT2D eigenvalue weighted by Gasteiger charge is -2.18. The fraction of sp³-hybridized carbons (Fsp3) is 0.560. The Balaban J connectivity index is 4.56. The quantitative estimate of drug-likeness (QED) is 0.0261. The topological polar surface area (TPSA) is 78.9 Å². The Morgan fingerprint density at radius 1 is 0.247 bits per heavy atom. The molecule has 1 atom stereocenters. The number of hydrogen-bond acceptors (Lipinski definition) is 6. The average molecular weight is 1110 g/mol. The Bertz CT molecular complexity index is 1900. The van der Waals surface area contributed by atoms with Gasteiger partial charge in [0, 0.05) is 19.3 Å². The highest BCUT2D eigenvalue weighted by Gasteiger charge is 2.19. The summed E-state index contributed by atoms with van der Waals surface area (Å²) in [5.41, 5.74) is 0. The first-order valence-electron chi connectivity index (χ1n) is 32.3. The molecule has 0 rings (SSSR count). The van der Waals surface area contributed by atoms with Crippen LogP contribution in [-0.2, 0) is 28.6 Å². The standard InChI is InChI=1S/C75H116O6/c1-4-7-10-13-16-19-22-25-28-31-34-36-37-39-41-44-47-50-53-56-59-62-65-68-74(77)80-71-72(70-79-73(76)67-64-61-58-55-52-49-46-43-40-33-30-27-24-21-18-15-12-9-6-3)81-75(78)69-66-63-60-57-54-51-48-45-42-38-35-32-29-26-23-20-17-14-11-8-5-2/h7-12,16-21,25-30,34-36,38-41,43,45,48,54,57,72H,4-6,13-15,22-24,31-33,37,42,44,46-47,49-53,55-56,58-71H2,1-3H3/b10-7-,11-8-,12-9-,19-16-,20-17-,21-18-,28-25-,29-26-,30-27-,36-34-,38-35-,41-39-,43-40-,48-45-,57-54-. The summed E-state index contributed by atoms with van der Waals surface area (Å²) in [6.07, 6.45) is 100. The van der Waals surface area contributed by atoms with Crippen LogP contribution in [0.2, 0.25) is 0 Å². The van der Waals surface area contributed by atoms with Gasteiger partial charge in [0.25, 0.3) is 0 Å². The number of allylic oxidation sites excluding steroid dienone is 30. The summed E-state index contributed by atoms with van der Waals surface area (Å²) in [6, 6.07) is 0. The van der Waals surface area contributed by atoms with E-state index in [-0.39, 0.29) is 37.5 Å². The Morgan fingerprint density at radius 2 is 0.444 bits per heavy atom. The first kappa shape index (κ1) is 75.5. The van der Waals surface area contributed by atoms with Gasteiger partial charge in [-0.2, -0.15) is 0 Å². The second kappa shape index (κ2) is 67.0. The van der Waals surface area contributed by atoms with Crippen LogP contribution < -0.4 is 0 Å². The Kier molecular flexibility index (Phi) is 62.5. The molecule has 6 nitrogen and oxygen atoms in total. The molecule has 0 aliphatic heterocycles. The van der Waals surface area contributed by atoms with Crippen molar-refractivity contribution in [3.63, 3.8) is 0 Å². The van der Waals surface area contributed by atoms with Crippen molar-refractivity contribution in [2.24, 2.45) is 0 Å². The molecule has 0 aromatic rings. The highest BCUT2D eigenvalue weighted by Crippen LogP contribution is 2.14. The van der Waals surface area contributed by atoms with Gasteiger partial charge in [-0.25, -0.2) is 0 Å². The Morgan fingerprint density at radius 3 is 0.716 bits per heavy atom. The summed E-state index contributed by atoms with van der Waals surface area (Å²) in [4.78, 5) is 38.4. The van der Waals surface area contributed by atoms with Crippen molar-refractivity contribution in [1.82, 2.24) is 0 Å². The van der Waals surface area contributed by atoms with Gasteiger partial charge in [-0.05, 0) is 154 Å². The summed E-state index contributed by atoms with van der Waals surface area (Å²) in [6.45, 7) is 6.24. The van der Waals surface area contributed by atoms with Gasteiger partial charge >= 0.3 is 17.9 Å². The number of carbonyl (C=O) groups excluding carboxylic acids is 3.